The molecule has 1 N–H and O–H groups in total. The molecule has 0 radical (unpaired) electrons. The summed E-state index contributed by atoms with van der Waals surface area (Å²) in [7, 11) is -4.84. The van der Waals surface area contributed by atoms with E-state index in [9.17, 15) is 53.8 Å². The van der Waals surface area contributed by atoms with Crippen LogP contribution in [0.1, 0.15) is 67.7 Å². The number of aryl methyl sites for hydroxylation is 2. The zero-order valence-corrected chi connectivity index (χ0v) is 25.6. The molecule has 2 aromatic carbocycles. The fourth-order valence-electron chi connectivity index (χ4n) is 7.46. The van der Waals surface area contributed by atoms with Gasteiger partial charge in [0.2, 0.25) is 0 Å². The minimum absolute atomic E-state index is 0.157. The molecule has 47 heavy (non-hydrogen) atoms. The standard InChI is InChI=1S/C31H30F9NO5S/c1-2-17-3-6-21(16-23(17)32)47(45,46)28-13-14-41(26(44)27(33)11-9-18(10-12-27)25(42)43)24(28)8-4-19-15-20(5-7-22(19)28)29(34,30(35,36)37)31(38,39)40/h3,5-7,15-16,18,24H,2,4,8-14H2,1H3,(H,42,43). The Morgan fingerprint density at radius 3 is 2.09 bits per heavy atom. The van der Waals surface area contributed by atoms with E-state index >= 15 is 8.78 Å². The van der Waals surface area contributed by atoms with Crippen molar-refractivity contribution in [1.29, 1.82) is 0 Å². The number of fused-ring (bicyclic) bond motifs is 3. The van der Waals surface area contributed by atoms with Crippen LogP contribution in [0.2, 0.25) is 0 Å². The quantitative estimate of drug-likeness (QED) is 0.333. The highest BCUT2D eigenvalue weighted by Crippen LogP contribution is 2.57. The Bertz CT molecular complexity index is 1690. The molecular formula is C31H30F9NO5S. The number of rotatable bonds is 6. The molecule has 2 aliphatic carbocycles. The van der Waals surface area contributed by atoms with Crippen LogP contribution in [0.3, 0.4) is 0 Å². The number of alkyl halides is 8. The third-order valence-electron chi connectivity index (χ3n) is 10.0. The molecule has 16 heteroatoms. The van der Waals surface area contributed by atoms with E-state index in [1.54, 1.807) is 6.92 Å². The van der Waals surface area contributed by atoms with Crippen molar-refractivity contribution in [2.24, 2.45) is 5.92 Å². The van der Waals surface area contributed by atoms with E-state index in [0.717, 1.165) is 17.0 Å². The smallest absolute Gasteiger partial charge is 0.435 e. The molecule has 2 fully saturated rings. The summed E-state index contributed by atoms with van der Waals surface area (Å²) in [6.45, 7) is 1.21. The van der Waals surface area contributed by atoms with Gasteiger partial charge in [0, 0.05) is 12.1 Å². The van der Waals surface area contributed by atoms with E-state index in [2.05, 4.69) is 0 Å². The van der Waals surface area contributed by atoms with E-state index in [0.29, 0.717) is 12.1 Å². The Morgan fingerprint density at radius 1 is 0.936 bits per heavy atom. The number of hydrogen-bond acceptors (Lipinski definition) is 4. The highest BCUT2D eigenvalue weighted by Gasteiger charge is 2.74. The van der Waals surface area contributed by atoms with Crippen molar-refractivity contribution in [2.75, 3.05) is 6.54 Å². The molecule has 1 heterocycles. The van der Waals surface area contributed by atoms with Crippen LogP contribution in [0.4, 0.5) is 39.5 Å². The largest absolute Gasteiger partial charge is 0.481 e. The first-order valence-corrected chi connectivity index (χ1v) is 16.4. The summed E-state index contributed by atoms with van der Waals surface area (Å²) in [4.78, 5) is 25.6. The Kier molecular flexibility index (Phi) is 8.49. The van der Waals surface area contributed by atoms with E-state index in [-0.39, 0.29) is 48.4 Å². The summed E-state index contributed by atoms with van der Waals surface area (Å²) in [6, 6.07) is 2.83. The van der Waals surface area contributed by atoms with Crippen molar-refractivity contribution in [3.63, 3.8) is 0 Å². The molecule has 0 bridgehead atoms. The van der Waals surface area contributed by atoms with Crippen molar-refractivity contribution >= 4 is 21.7 Å². The second-order valence-electron chi connectivity index (χ2n) is 12.4. The molecular weight excluding hydrogens is 669 g/mol. The Morgan fingerprint density at radius 2 is 1.55 bits per heavy atom. The zero-order chi connectivity index (χ0) is 35.0. The normalized spacial score (nSPS) is 26.9. The van der Waals surface area contributed by atoms with Gasteiger partial charge in [-0.1, -0.05) is 31.2 Å². The van der Waals surface area contributed by atoms with Gasteiger partial charge in [0.25, 0.3) is 5.91 Å². The summed E-state index contributed by atoms with van der Waals surface area (Å²) in [5.41, 5.74) is -10.7. The molecule has 6 nitrogen and oxygen atoms in total. The van der Waals surface area contributed by atoms with Gasteiger partial charge in [-0.2, -0.15) is 26.3 Å². The first kappa shape index (κ1) is 35.0. The summed E-state index contributed by atoms with van der Waals surface area (Å²) in [6.07, 6.45) is -15.2. The first-order chi connectivity index (χ1) is 21.7. The number of benzene rings is 2. The monoisotopic (exact) mass is 699 g/mol. The molecule has 1 saturated carbocycles. The van der Waals surface area contributed by atoms with Gasteiger partial charge in [0.15, 0.2) is 15.5 Å². The van der Waals surface area contributed by atoms with Crippen LogP contribution >= 0.6 is 0 Å². The molecule has 5 rings (SSSR count). The number of aliphatic carboxylic acids is 1. The first-order valence-electron chi connectivity index (χ1n) is 14.9. The number of halogens is 9. The van der Waals surface area contributed by atoms with Gasteiger partial charge in [0.1, 0.15) is 10.6 Å². The lowest BCUT2D eigenvalue weighted by atomic mass is 9.76. The average molecular weight is 700 g/mol. The van der Waals surface area contributed by atoms with Crippen LogP contribution < -0.4 is 0 Å². The third-order valence-corrected chi connectivity index (χ3v) is 12.6. The van der Waals surface area contributed by atoms with E-state index in [4.69, 9.17) is 0 Å². The number of nitrogens with zero attached hydrogens (tertiary/aromatic N) is 1. The van der Waals surface area contributed by atoms with Crippen LogP contribution in [0.5, 0.6) is 0 Å². The number of carbonyl (C=O) groups is 2. The number of likely N-dealkylation sites (tertiary alicyclic amines) is 1. The number of hydrogen-bond donors (Lipinski definition) is 1. The maximum atomic E-state index is 16.2. The van der Waals surface area contributed by atoms with Crippen LogP contribution in [-0.4, -0.2) is 60.9 Å². The van der Waals surface area contributed by atoms with Crippen molar-refractivity contribution in [3.05, 3.63) is 64.5 Å². The summed E-state index contributed by atoms with van der Waals surface area (Å²) < 4.78 is 155. The van der Waals surface area contributed by atoms with Crippen molar-refractivity contribution < 1.29 is 62.6 Å². The minimum Gasteiger partial charge on any atom is -0.481 e. The summed E-state index contributed by atoms with van der Waals surface area (Å²) >= 11 is 0. The maximum Gasteiger partial charge on any atom is 0.435 e. The fraction of sp³-hybridized carbons (Fsp3) is 0.548. The lowest BCUT2D eigenvalue weighted by Gasteiger charge is -2.44. The highest BCUT2D eigenvalue weighted by molar-refractivity contribution is 7.92. The summed E-state index contributed by atoms with van der Waals surface area (Å²) in [5, 5.41) is 9.29. The Labute approximate surface area is 263 Å². The summed E-state index contributed by atoms with van der Waals surface area (Å²) in [5.74, 6) is -4.07. The maximum absolute atomic E-state index is 16.2. The molecule has 1 saturated heterocycles. The number of carboxylic acids is 1. The van der Waals surface area contributed by atoms with E-state index in [1.165, 1.54) is 6.07 Å². The third kappa shape index (κ3) is 5.19. The predicted octanol–water partition coefficient (Wildman–Crippen LogP) is 6.88. The van der Waals surface area contributed by atoms with Crippen LogP contribution in [0.25, 0.3) is 0 Å². The zero-order valence-electron chi connectivity index (χ0n) is 24.8. The van der Waals surface area contributed by atoms with Crippen molar-refractivity contribution in [3.8, 4) is 0 Å². The molecule has 258 valence electrons. The predicted molar refractivity (Wildman–Crippen MR) is 148 cm³/mol. The number of carboxylic acid groups (broad SMARTS) is 1. The van der Waals surface area contributed by atoms with Crippen molar-refractivity contribution in [1.82, 2.24) is 4.90 Å². The van der Waals surface area contributed by atoms with Crippen LogP contribution in [-0.2, 0) is 42.7 Å². The van der Waals surface area contributed by atoms with Gasteiger partial charge in [-0.05, 0) is 80.2 Å². The fourth-order valence-corrected chi connectivity index (χ4v) is 9.84. The van der Waals surface area contributed by atoms with Crippen LogP contribution in [0.15, 0.2) is 41.3 Å². The van der Waals surface area contributed by atoms with Gasteiger partial charge in [-0.25, -0.2) is 21.6 Å². The lowest BCUT2D eigenvalue weighted by Crippen LogP contribution is -2.56. The highest BCUT2D eigenvalue weighted by atomic mass is 32.2. The second kappa shape index (κ2) is 11.4. The lowest BCUT2D eigenvalue weighted by molar-refractivity contribution is -0.348. The van der Waals surface area contributed by atoms with E-state index < -0.39 is 111 Å². The second-order valence-corrected chi connectivity index (χ2v) is 14.6. The number of sulfone groups is 1. The number of amides is 1. The molecule has 0 aromatic heterocycles. The topological polar surface area (TPSA) is 91.8 Å². The molecule has 0 spiro atoms. The van der Waals surface area contributed by atoms with Gasteiger partial charge < -0.3 is 10.0 Å². The van der Waals surface area contributed by atoms with Gasteiger partial charge >= 0.3 is 24.0 Å². The molecule has 1 aliphatic heterocycles. The average Bonchev–Trinajstić information content (AvgIpc) is 3.40. The van der Waals surface area contributed by atoms with Crippen molar-refractivity contribution in [2.45, 2.75) is 97.7 Å². The van der Waals surface area contributed by atoms with Crippen LogP contribution in [0, 0.1) is 11.7 Å². The Balaban J connectivity index is 1.66. The molecule has 2 aromatic rings. The molecule has 1 amide bonds. The van der Waals surface area contributed by atoms with Gasteiger partial charge in [0.05, 0.1) is 16.9 Å². The van der Waals surface area contributed by atoms with E-state index in [1.807, 2.05) is 0 Å². The molecule has 2 atom stereocenters. The SMILES string of the molecule is CCc1ccc(S(=O)(=O)C23CCN(C(=O)C4(F)CCC(C(=O)O)CC4)C2CCc2cc(C(F)(C(F)(F)F)C(F)(F)F)ccc23)cc1F. The molecule has 2 unspecified atom stereocenters. The van der Waals surface area contributed by atoms with Gasteiger partial charge in [-0.15, -0.1) is 0 Å². The Hall–Kier alpha value is -3.30. The molecule has 3 aliphatic rings. The van der Waals surface area contributed by atoms with Gasteiger partial charge in [-0.3, -0.25) is 9.59 Å². The number of carbonyl (C=O) groups excluding carboxylic acids is 1. The minimum atomic E-state index is -6.43.